The summed E-state index contributed by atoms with van der Waals surface area (Å²) in [4.78, 5) is 13.1. The number of nitrogens with one attached hydrogen (secondary N) is 1. The lowest BCUT2D eigenvalue weighted by molar-refractivity contribution is 0.600. The maximum absolute atomic E-state index is 14.0. The molecule has 0 spiro atoms. The van der Waals surface area contributed by atoms with Gasteiger partial charge in [0.15, 0.2) is 5.82 Å². The standard InChI is InChI=1S/C20H15FN6/c1-13(15-4-2-3-5-16(15)21)25-19-10-23-11-20(26-19)27-12-24-17-7-6-14(9-22)8-18(17)27/h2-8,10-13H,1H3,(H,25,26)/t13-/m0/s1. The van der Waals surface area contributed by atoms with E-state index in [-0.39, 0.29) is 11.9 Å². The van der Waals surface area contributed by atoms with Gasteiger partial charge in [-0.1, -0.05) is 18.2 Å². The van der Waals surface area contributed by atoms with E-state index in [1.54, 1.807) is 59.7 Å². The molecule has 0 unspecified atom stereocenters. The Kier molecular flexibility index (Phi) is 4.22. The van der Waals surface area contributed by atoms with Crippen LogP contribution in [0.25, 0.3) is 16.9 Å². The molecule has 1 atom stereocenters. The van der Waals surface area contributed by atoms with Crippen LogP contribution >= 0.6 is 0 Å². The highest BCUT2D eigenvalue weighted by atomic mass is 19.1. The molecule has 132 valence electrons. The molecule has 4 rings (SSSR count). The Morgan fingerprint density at radius 2 is 2.04 bits per heavy atom. The van der Waals surface area contributed by atoms with E-state index in [9.17, 15) is 4.39 Å². The number of halogens is 1. The van der Waals surface area contributed by atoms with Crippen LogP contribution in [0.4, 0.5) is 10.2 Å². The van der Waals surface area contributed by atoms with Crippen molar-refractivity contribution in [2.45, 2.75) is 13.0 Å². The molecule has 0 aliphatic carbocycles. The smallest absolute Gasteiger partial charge is 0.159 e. The Bertz CT molecular complexity index is 1160. The third-order valence-corrected chi connectivity index (χ3v) is 4.28. The van der Waals surface area contributed by atoms with Gasteiger partial charge in [-0.3, -0.25) is 9.55 Å². The number of anilines is 1. The number of benzene rings is 2. The summed E-state index contributed by atoms with van der Waals surface area (Å²) in [5, 5.41) is 12.3. The molecule has 6 nitrogen and oxygen atoms in total. The molecule has 0 fully saturated rings. The predicted molar refractivity (Wildman–Crippen MR) is 99.8 cm³/mol. The van der Waals surface area contributed by atoms with Crippen LogP contribution in [-0.2, 0) is 0 Å². The second-order valence-electron chi connectivity index (χ2n) is 6.08. The molecule has 0 saturated heterocycles. The molecule has 4 aromatic rings. The van der Waals surface area contributed by atoms with Gasteiger partial charge < -0.3 is 5.32 Å². The van der Waals surface area contributed by atoms with Gasteiger partial charge in [0.1, 0.15) is 18.0 Å². The number of rotatable bonds is 4. The van der Waals surface area contributed by atoms with Crippen LogP contribution in [0.5, 0.6) is 0 Å². The summed E-state index contributed by atoms with van der Waals surface area (Å²) in [6.07, 6.45) is 4.83. The van der Waals surface area contributed by atoms with E-state index in [0.29, 0.717) is 22.8 Å². The van der Waals surface area contributed by atoms with Gasteiger partial charge in [0.25, 0.3) is 0 Å². The van der Waals surface area contributed by atoms with Crippen LogP contribution in [0, 0.1) is 17.1 Å². The topological polar surface area (TPSA) is 79.4 Å². The Morgan fingerprint density at radius 1 is 1.19 bits per heavy atom. The van der Waals surface area contributed by atoms with Crippen molar-refractivity contribution >= 4 is 16.9 Å². The quantitative estimate of drug-likeness (QED) is 0.596. The van der Waals surface area contributed by atoms with Crippen molar-refractivity contribution in [2.75, 3.05) is 5.32 Å². The number of fused-ring (bicyclic) bond motifs is 1. The van der Waals surface area contributed by atoms with Crippen molar-refractivity contribution in [2.24, 2.45) is 0 Å². The molecule has 2 aromatic carbocycles. The average Bonchev–Trinajstić information content (AvgIpc) is 3.11. The molecule has 0 amide bonds. The van der Waals surface area contributed by atoms with E-state index in [1.165, 1.54) is 6.07 Å². The normalized spacial score (nSPS) is 11.9. The second-order valence-corrected chi connectivity index (χ2v) is 6.08. The van der Waals surface area contributed by atoms with Gasteiger partial charge in [-0.2, -0.15) is 5.26 Å². The number of nitrogens with zero attached hydrogens (tertiary/aromatic N) is 5. The summed E-state index contributed by atoms with van der Waals surface area (Å²) in [6.45, 7) is 1.86. The number of nitriles is 1. The highest BCUT2D eigenvalue weighted by molar-refractivity contribution is 5.78. The number of hydrogen-bond donors (Lipinski definition) is 1. The zero-order valence-corrected chi connectivity index (χ0v) is 14.5. The van der Waals surface area contributed by atoms with Gasteiger partial charge in [0.2, 0.25) is 0 Å². The molecule has 27 heavy (non-hydrogen) atoms. The van der Waals surface area contributed by atoms with Gasteiger partial charge in [0, 0.05) is 5.56 Å². The Labute approximate surface area is 155 Å². The summed E-state index contributed by atoms with van der Waals surface area (Å²) in [5.74, 6) is 0.797. The van der Waals surface area contributed by atoms with Gasteiger partial charge in [-0.25, -0.2) is 14.4 Å². The fourth-order valence-electron chi connectivity index (χ4n) is 2.93. The maximum Gasteiger partial charge on any atom is 0.159 e. The molecule has 0 radical (unpaired) electrons. The predicted octanol–water partition coefficient (Wildman–Crippen LogP) is 4.00. The van der Waals surface area contributed by atoms with Crippen molar-refractivity contribution in [3.8, 4) is 11.9 Å². The molecule has 0 saturated carbocycles. The van der Waals surface area contributed by atoms with Crippen molar-refractivity contribution < 1.29 is 4.39 Å². The molecular formula is C20H15FN6. The first-order valence-corrected chi connectivity index (χ1v) is 8.36. The number of aromatic nitrogens is 4. The molecule has 2 aromatic heterocycles. The van der Waals surface area contributed by atoms with Gasteiger partial charge in [-0.05, 0) is 31.2 Å². The lowest BCUT2D eigenvalue weighted by Crippen LogP contribution is -2.11. The fourth-order valence-corrected chi connectivity index (χ4v) is 2.93. The molecule has 0 aliphatic heterocycles. The first-order valence-electron chi connectivity index (χ1n) is 8.36. The van der Waals surface area contributed by atoms with Crippen molar-refractivity contribution in [3.63, 3.8) is 0 Å². The fraction of sp³-hybridized carbons (Fsp3) is 0.100. The second kappa shape index (κ2) is 6.84. The first kappa shape index (κ1) is 16.7. The summed E-state index contributed by atoms with van der Waals surface area (Å²) < 4.78 is 15.7. The Balaban J connectivity index is 1.67. The number of hydrogen-bond acceptors (Lipinski definition) is 5. The first-order chi connectivity index (χ1) is 13.2. The molecule has 1 N–H and O–H groups in total. The van der Waals surface area contributed by atoms with Crippen LogP contribution in [0.15, 0.2) is 61.2 Å². The van der Waals surface area contributed by atoms with Crippen LogP contribution in [0.2, 0.25) is 0 Å². The van der Waals surface area contributed by atoms with Gasteiger partial charge >= 0.3 is 0 Å². The van der Waals surface area contributed by atoms with E-state index >= 15 is 0 Å². The van der Waals surface area contributed by atoms with E-state index in [2.05, 4.69) is 26.3 Å². The third-order valence-electron chi connectivity index (χ3n) is 4.28. The molecule has 7 heteroatoms. The zero-order chi connectivity index (χ0) is 18.8. The highest BCUT2D eigenvalue weighted by Crippen LogP contribution is 2.22. The summed E-state index contributed by atoms with van der Waals surface area (Å²) >= 11 is 0. The van der Waals surface area contributed by atoms with Crippen LogP contribution in [-0.4, -0.2) is 19.5 Å². The lowest BCUT2D eigenvalue weighted by atomic mass is 10.1. The van der Waals surface area contributed by atoms with E-state index < -0.39 is 0 Å². The Morgan fingerprint density at radius 3 is 2.85 bits per heavy atom. The van der Waals surface area contributed by atoms with Crippen molar-refractivity contribution in [3.05, 3.63) is 78.1 Å². The SMILES string of the molecule is C[C@H](Nc1cncc(-n2cnc3ccc(C#N)cc32)n1)c1ccccc1F. The van der Waals surface area contributed by atoms with E-state index in [1.807, 2.05) is 6.92 Å². The Hall–Kier alpha value is -3.79. The van der Waals surface area contributed by atoms with Gasteiger partial charge in [0.05, 0.1) is 41.1 Å². The van der Waals surface area contributed by atoms with Crippen LogP contribution in [0.3, 0.4) is 0 Å². The number of imidazole rings is 1. The minimum absolute atomic E-state index is 0.272. The molecular weight excluding hydrogens is 343 g/mol. The van der Waals surface area contributed by atoms with Crippen LogP contribution in [0.1, 0.15) is 24.1 Å². The molecule has 0 bridgehead atoms. The largest absolute Gasteiger partial charge is 0.362 e. The van der Waals surface area contributed by atoms with Crippen LogP contribution < -0.4 is 5.32 Å². The van der Waals surface area contributed by atoms with E-state index in [4.69, 9.17) is 5.26 Å². The van der Waals surface area contributed by atoms with Crippen molar-refractivity contribution in [1.82, 2.24) is 19.5 Å². The minimum atomic E-state index is -0.277. The monoisotopic (exact) mass is 358 g/mol. The zero-order valence-electron chi connectivity index (χ0n) is 14.5. The summed E-state index contributed by atoms with van der Waals surface area (Å²) in [7, 11) is 0. The van der Waals surface area contributed by atoms with Gasteiger partial charge in [-0.15, -0.1) is 0 Å². The van der Waals surface area contributed by atoms with E-state index in [0.717, 1.165) is 11.0 Å². The minimum Gasteiger partial charge on any atom is -0.362 e. The summed E-state index contributed by atoms with van der Waals surface area (Å²) in [5.41, 5.74) is 2.62. The highest BCUT2D eigenvalue weighted by Gasteiger charge is 2.12. The third kappa shape index (κ3) is 3.20. The molecule has 0 aliphatic rings. The molecule has 2 heterocycles. The summed E-state index contributed by atoms with van der Waals surface area (Å²) in [6, 6.07) is 13.7. The lowest BCUT2D eigenvalue weighted by Gasteiger charge is -2.16. The van der Waals surface area contributed by atoms with Crippen molar-refractivity contribution in [1.29, 1.82) is 5.26 Å². The average molecular weight is 358 g/mol. The maximum atomic E-state index is 14.0.